The summed E-state index contributed by atoms with van der Waals surface area (Å²) in [5.74, 6) is 0.569. The predicted octanol–water partition coefficient (Wildman–Crippen LogP) is 2.79. The Kier molecular flexibility index (Phi) is 2.98. The fourth-order valence-electron chi connectivity index (χ4n) is 1.12. The Hall–Kier alpha value is -0.860. The highest BCUT2D eigenvalue weighted by Crippen LogP contribution is 2.29. The average molecular weight is 195 g/mol. The minimum absolute atomic E-state index is 0.104. The topological polar surface area (TPSA) is 30.7 Å². The van der Waals surface area contributed by atoms with Gasteiger partial charge in [0.1, 0.15) is 0 Å². The molecule has 1 aromatic rings. The van der Waals surface area contributed by atoms with Gasteiger partial charge in [-0.2, -0.15) is 0 Å². The van der Waals surface area contributed by atoms with Crippen LogP contribution in [0.3, 0.4) is 0 Å². The summed E-state index contributed by atoms with van der Waals surface area (Å²) in [6.45, 7) is 13.1. The van der Waals surface area contributed by atoms with E-state index in [9.17, 15) is 0 Å². The van der Waals surface area contributed by atoms with E-state index in [1.165, 1.54) is 0 Å². The van der Waals surface area contributed by atoms with Crippen LogP contribution in [-0.2, 0) is 5.41 Å². The van der Waals surface area contributed by atoms with Crippen LogP contribution < -0.4 is 0 Å². The van der Waals surface area contributed by atoms with Crippen LogP contribution in [-0.4, -0.2) is 15.0 Å². The van der Waals surface area contributed by atoms with Crippen molar-refractivity contribution >= 4 is 0 Å². The molecular weight excluding hydrogens is 174 g/mol. The first-order chi connectivity index (χ1) is 6.35. The Morgan fingerprint density at radius 2 is 1.79 bits per heavy atom. The van der Waals surface area contributed by atoms with Crippen molar-refractivity contribution in [2.75, 3.05) is 0 Å². The predicted molar refractivity (Wildman–Crippen MR) is 58.3 cm³/mol. The Balaban J connectivity index is 2.97. The molecular formula is C11H21N3. The second-order valence-corrected chi connectivity index (χ2v) is 5.05. The molecule has 0 N–H and O–H groups in total. The van der Waals surface area contributed by atoms with Gasteiger partial charge < -0.3 is 0 Å². The molecule has 1 heterocycles. The van der Waals surface area contributed by atoms with Gasteiger partial charge in [0.05, 0.1) is 5.69 Å². The van der Waals surface area contributed by atoms with E-state index in [-0.39, 0.29) is 5.41 Å². The van der Waals surface area contributed by atoms with Gasteiger partial charge in [0.25, 0.3) is 0 Å². The standard InChI is InChI=1S/C11H21N3/c1-8(2)11(5,6)10-7-14(9(3)4)13-12-10/h7-9H,1-6H3. The molecule has 0 aliphatic carbocycles. The normalized spacial score (nSPS) is 12.9. The van der Waals surface area contributed by atoms with Crippen molar-refractivity contribution in [2.45, 2.75) is 53.0 Å². The maximum Gasteiger partial charge on any atom is 0.0885 e. The van der Waals surface area contributed by atoms with Gasteiger partial charge >= 0.3 is 0 Å². The summed E-state index contributed by atoms with van der Waals surface area (Å²) in [5.41, 5.74) is 1.19. The Labute approximate surface area is 86.5 Å². The van der Waals surface area contributed by atoms with Crippen molar-refractivity contribution in [3.8, 4) is 0 Å². The van der Waals surface area contributed by atoms with Crippen LogP contribution in [0, 0.1) is 5.92 Å². The molecule has 0 aliphatic heterocycles. The Morgan fingerprint density at radius 3 is 2.14 bits per heavy atom. The lowest BCUT2D eigenvalue weighted by Crippen LogP contribution is -2.24. The van der Waals surface area contributed by atoms with E-state index in [1.807, 2.05) is 4.68 Å². The van der Waals surface area contributed by atoms with E-state index < -0.39 is 0 Å². The second-order valence-electron chi connectivity index (χ2n) is 5.05. The Bertz CT molecular complexity index is 297. The van der Waals surface area contributed by atoms with Crippen LogP contribution in [0.5, 0.6) is 0 Å². The van der Waals surface area contributed by atoms with Crippen LogP contribution in [0.2, 0.25) is 0 Å². The smallest absolute Gasteiger partial charge is 0.0885 e. The van der Waals surface area contributed by atoms with Crippen molar-refractivity contribution in [2.24, 2.45) is 5.92 Å². The average Bonchev–Trinajstić information content (AvgIpc) is 2.51. The summed E-state index contributed by atoms with van der Waals surface area (Å²) < 4.78 is 1.92. The van der Waals surface area contributed by atoms with E-state index >= 15 is 0 Å². The Morgan fingerprint density at radius 1 is 1.21 bits per heavy atom. The number of hydrogen-bond donors (Lipinski definition) is 0. The van der Waals surface area contributed by atoms with Crippen molar-refractivity contribution in [1.82, 2.24) is 15.0 Å². The largest absolute Gasteiger partial charge is 0.250 e. The first-order valence-corrected chi connectivity index (χ1v) is 5.28. The molecule has 0 bridgehead atoms. The lowest BCUT2D eigenvalue weighted by atomic mass is 9.79. The van der Waals surface area contributed by atoms with Crippen LogP contribution in [0.25, 0.3) is 0 Å². The first-order valence-electron chi connectivity index (χ1n) is 5.28. The lowest BCUT2D eigenvalue weighted by molar-refractivity contribution is 0.362. The summed E-state index contributed by atoms with van der Waals surface area (Å²) in [6.07, 6.45) is 2.06. The summed E-state index contributed by atoms with van der Waals surface area (Å²) in [6, 6.07) is 0.388. The van der Waals surface area contributed by atoms with E-state index in [0.717, 1.165) is 5.69 Å². The molecule has 14 heavy (non-hydrogen) atoms. The minimum Gasteiger partial charge on any atom is -0.250 e. The SMILES string of the molecule is CC(C)n1cc(C(C)(C)C(C)C)nn1. The van der Waals surface area contributed by atoms with Gasteiger partial charge in [-0.1, -0.05) is 32.9 Å². The zero-order valence-electron chi connectivity index (χ0n) is 10.1. The van der Waals surface area contributed by atoms with Gasteiger partial charge in [-0.05, 0) is 19.8 Å². The summed E-state index contributed by atoms with van der Waals surface area (Å²) in [7, 11) is 0. The number of rotatable bonds is 3. The second kappa shape index (κ2) is 3.71. The molecule has 1 rings (SSSR count). The zero-order chi connectivity index (χ0) is 10.9. The lowest BCUT2D eigenvalue weighted by Gasteiger charge is -2.26. The van der Waals surface area contributed by atoms with E-state index in [4.69, 9.17) is 0 Å². The molecule has 0 aliphatic rings. The highest BCUT2D eigenvalue weighted by Gasteiger charge is 2.28. The molecule has 80 valence electrons. The molecule has 0 amide bonds. The van der Waals surface area contributed by atoms with Gasteiger partial charge in [0, 0.05) is 17.7 Å². The molecule has 3 nitrogen and oxygen atoms in total. The highest BCUT2D eigenvalue weighted by atomic mass is 15.4. The zero-order valence-corrected chi connectivity index (χ0v) is 10.1. The summed E-state index contributed by atoms with van der Waals surface area (Å²) in [4.78, 5) is 0. The van der Waals surface area contributed by atoms with Crippen molar-refractivity contribution in [1.29, 1.82) is 0 Å². The first kappa shape index (κ1) is 11.2. The van der Waals surface area contributed by atoms with Crippen LogP contribution in [0.1, 0.15) is 53.3 Å². The van der Waals surface area contributed by atoms with E-state index in [1.54, 1.807) is 0 Å². The third kappa shape index (κ3) is 1.97. The van der Waals surface area contributed by atoms with Crippen molar-refractivity contribution < 1.29 is 0 Å². The van der Waals surface area contributed by atoms with Gasteiger partial charge in [-0.15, -0.1) is 5.10 Å². The fraction of sp³-hybridized carbons (Fsp3) is 0.818. The third-order valence-electron chi connectivity index (χ3n) is 3.14. The van der Waals surface area contributed by atoms with Crippen molar-refractivity contribution in [3.05, 3.63) is 11.9 Å². The third-order valence-corrected chi connectivity index (χ3v) is 3.14. The van der Waals surface area contributed by atoms with Gasteiger partial charge in [-0.25, -0.2) is 4.68 Å². The number of aromatic nitrogens is 3. The molecule has 1 aromatic heterocycles. The van der Waals surface area contributed by atoms with E-state index in [0.29, 0.717) is 12.0 Å². The molecule has 0 saturated carbocycles. The van der Waals surface area contributed by atoms with Crippen molar-refractivity contribution in [3.63, 3.8) is 0 Å². The molecule has 0 radical (unpaired) electrons. The van der Waals surface area contributed by atoms with Crippen LogP contribution in [0.4, 0.5) is 0 Å². The molecule has 0 atom stereocenters. The molecule has 0 aromatic carbocycles. The van der Waals surface area contributed by atoms with Gasteiger partial charge in [0.15, 0.2) is 0 Å². The quantitative estimate of drug-likeness (QED) is 0.742. The van der Waals surface area contributed by atoms with E-state index in [2.05, 4.69) is 58.1 Å². The molecule has 3 heteroatoms. The monoisotopic (exact) mass is 195 g/mol. The highest BCUT2D eigenvalue weighted by molar-refractivity contribution is 5.10. The number of nitrogens with zero attached hydrogens (tertiary/aromatic N) is 3. The van der Waals surface area contributed by atoms with Crippen LogP contribution >= 0.6 is 0 Å². The summed E-state index contributed by atoms with van der Waals surface area (Å²) >= 11 is 0. The molecule has 0 fully saturated rings. The maximum atomic E-state index is 4.24. The summed E-state index contributed by atoms with van der Waals surface area (Å²) in [5, 5.41) is 8.37. The van der Waals surface area contributed by atoms with Crippen LogP contribution in [0.15, 0.2) is 6.20 Å². The molecule has 0 unspecified atom stereocenters. The maximum absolute atomic E-state index is 4.24. The minimum atomic E-state index is 0.104. The number of hydrogen-bond acceptors (Lipinski definition) is 2. The van der Waals surface area contributed by atoms with Gasteiger partial charge in [-0.3, -0.25) is 0 Å². The molecule has 0 spiro atoms. The molecule has 0 saturated heterocycles. The van der Waals surface area contributed by atoms with Gasteiger partial charge in [0.2, 0.25) is 0 Å². The fourth-order valence-corrected chi connectivity index (χ4v) is 1.12.